The molecule has 4 nitrogen and oxygen atoms in total. The summed E-state index contributed by atoms with van der Waals surface area (Å²) in [5.41, 5.74) is 5.26. The topological polar surface area (TPSA) is 64.4 Å². The average molecular weight is 469 g/mol. The molecule has 5 rings (SSSR count). The van der Waals surface area contributed by atoms with Gasteiger partial charge in [-0.2, -0.15) is 0 Å². The summed E-state index contributed by atoms with van der Waals surface area (Å²) in [4.78, 5) is 15.2. The Labute approximate surface area is 204 Å². The largest absolute Gasteiger partial charge is 0.507 e. The molecule has 2 aliphatic rings. The second-order valence-electron chi connectivity index (χ2n) is 8.77. The smallest absolute Gasteiger partial charge is 0.161 e. The van der Waals surface area contributed by atoms with E-state index in [9.17, 15) is 15.3 Å². The number of ketones is 1. The number of rotatable bonds is 3. The molecule has 1 aliphatic carbocycles. The number of aryl methyl sites for hydroxylation is 1. The van der Waals surface area contributed by atoms with E-state index in [-0.39, 0.29) is 17.4 Å². The number of nitrogens with one attached hydrogen (secondary N) is 1. The molecule has 3 aromatic rings. The van der Waals surface area contributed by atoms with Crippen LogP contribution in [0.5, 0.6) is 0 Å². The van der Waals surface area contributed by atoms with Crippen molar-refractivity contribution in [3.05, 3.63) is 117 Å². The predicted molar refractivity (Wildman–Crippen MR) is 137 cm³/mol. The molecule has 1 aliphatic heterocycles. The van der Waals surface area contributed by atoms with Crippen LogP contribution in [0.1, 0.15) is 41.9 Å². The van der Waals surface area contributed by atoms with Crippen LogP contribution in [0.15, 0.2) is 95.7 Å². The van der Waals surface area contributed by atoms with Crippen LogP contribution in [-0.2, 0) is 4.79 Å². The van der Waals surface area contributed by atoms with Gasteiger partial charge in [-0.3, -0.25) is 15.1 Å². The minimum atomic E-state index is -0.513. The zero-order chi connectivity index (χ0) is 23.8. The van der Waals surface area contributed by atoms with Crippen molar-refractivity contribution in [1.82, 2.24) is 0 Å². The minimum Gasteiger partial charge on any atom is -0.507 e. The summed E-state index contributed by atoms with van der Waals surface area (Å²) < 4.78 is 0. The molecule has 2 N–H and O–H groups in total. The van der Waals surface area contributed by atoms with Gasteiger partial charge in [0.25, 0.3) is 0 Å². The molecule has 0 saturated carbocycles. The van der Waals surface area contributed by atoms with Gasteiger partial charge in [-0.15, -0.1) is 0 Å². The highest BCUT2D eigenvalue weighted by atomic mass is 35.5. The van der Waals surface area contributed by atoms with Crippen molar-refractivity contribution in [1.29, 1.82) is 5.41 Å². The van der Waals surface area contributed by atoms with Gasteiger partial charge >= 0.3 is 0 Å². The van der Waals surface area contributed by atoms with Crippen molar-refractivity contribution >= 4 is 34.7 Å². The van der Waals surface area contributed by atoms with Crippen molar-refractivity contribution in [2.24, 2.45) is 0 Å². The molecule has 0 amide bonds. The summed E-state index contributed by atoms with van der Waals surface area (Å²) in [5.74, 6) is -0.262. The lowest BCUT2D eigenvalue weighted by Crippen LogP contribution is -2.42. The lowest BCUT2D eigenvalue weighted by molar-refractivity contribution is -0.116. The molecule has 0 bridgehead atoms. The Morgan fingerprint density at radius 3 is 2.32 bits per heavy atom. The molecule has 3 aromatic carbocycles. The first-order valence-corrected chi connectivity index (χ1v) is 11.8. The van der Waals surface area contributed by atoms with Gasteiger partial charge in [-0.1, -0.05) is 71.8 Å². The van der Waals surface area contributed by atoms with Crippen LogP contribution in [0.4, 0.5) is 5.69 Å². The Morgan fingerprint density at radius 1 is 0.971 bits per heavy atom. The Balaban J connectivity index is 1.81. The summed E-state index contributed by atoms with van der Waals surface area (Å²) in [6, 6.07) is 24.5. The molecular weight excluding hydrogens is 444 g/mol. The maximum Gasteiger partial charge on any atom is 0.161 e. The predicted octanol–water partition coefficient (Wildman–Crippen LogP) is 7.21. The van der Waals surface area contributed by atoms with Crippen LogP contribution in [0, 0.1) is 12.3 Å². The monoisotopic (exact) mass is 468 g/mol. The van der Waals surface area contributed by atoms with E-state index in [1.54, 1.807) is 12.1 Å². The number of aliphatic hydroxyl groups excluding tert-OH is 1. The number of hydrogen-bond acceptors (Lipinski definition) is 3. The number of allylic oxidation sites excluding steroid dienone is 2. The summed E-state index contributed by atoms with van der Waals surface area (Å²) in [6.07, 6.45) is 1.88. The quantitative estimate of drug-likeness (QED) is 0.399. The number of hydrogen-bond donors (Lipinski definition) is 2. The van der Waals surface area contributed by atoms with Crippen LogP contribution in [-0.4, -0.2) is 16.7 Å². The third-order valence-corrected chi connectivity index (χ3v) is 6.80. The van der Waals surface area contributed by atoms with Gasteiger partial charge in [0.2, 0.25) is 0 Å². The molecule has 0 fully saturated rings. The van der Waals surface area contributed by atoms with Crippen molar-refractivity contribution in [3.8, 4) is 0 Å². The van der Waals surface area contributed by atoms with Crippen molar-refractivity contribution in [2.75, 3.05) is 4.90 Å². The van der Waals surface area contributed by atoms with Gasteiger partial charge in [0.1, 0.15) is 11.6 Å². The highest BCUT2D eigenvalue weighted by Gasteiger charge is 2.43. The van der Waals surface area contributed by atoms with Gasteiger partial charge in [-0.05, 0) is 49.6 Å². The van der Waals surface area contributed by atoms with Crippen LogP contribution >= 0.6 is 11.6 Å². The first-order valence-electron chi connectivity index (χ1n) is 11.4. The molecule has 34 heavy (non-hydrogen) atoms. The zero-order valence-corrected chi connectivity index (χ0v) is 19.6. The molecular formula is C29H25ClN2O2. The van der Waals surface area contributed by atoms with Crippen LogP contribution in [0.25, 0.3) is 5.76 Å². The maximum atomic E-state index is 13.4. The third kappa shape index (κ3) is 3.84. The highest BCUT2D eigenvalue weighted by Crippen LogP contribution is 2.47. The van der Waals surface area contributed by atoms with Crippen LogP contribution in [0.2, 0.25) is 5.02 Å². The second kappa shape index (κ2) is 8.96. The fourth-order valence-corrected chi connectivity index (χ4v) is 5.04. The average Bonchev–Trinajstić information content (AvgIpc) is 2.85. The Morgan fingerprint density at radius 2 is 1.65 bits per heavy atom. The molecule has 1 atom stereocenters. The molecule has 0 aromatic heterocycles. The summed E-state index contributed by atoms with van der Waals surface area (Å²) in [5, 5.41) is 21.5. The molecule has 1 unspecified atom stereocenters. The van der Waals surface area contributed by atoms with E-state index in [0.717, 1.165) is 28.9 Å². The molecule has 0 spiro atoms. The van der Waals surface area contributed by atoms with Gasteiger partial charge in [0.05, 0.1) is 0 Å². The molecule has 5 heteroatoms. The number of amidine groups is 1. The van der Waals surface area contributed by atoms with Crippen LogP contribution in [0.3, 0.4) is 0 Å². The molecule has 170 valence electrons. The minimum absolute atomic E-state index is 0.0164. The van der Waals surface area contributed by atoms with Crippen molar-refractivity contribution in [3.63, 3.8) is 0 Å². The highest BCUT2D eigenvalue weighted by molar-refractivity contribution is 6.30. The van der Waals surface area contributed by atoms with Gasteiger partial charge < -0.3 is 5.11 Å². The first kappa shape index (κ1) is 22.2. The number of halogens is 1. The van der Waals surface area contributed by atoms with Gasteiger partial charge in [-0.25, -0.2) is 0 Å². The van der Waals surface area contributed by atoms with E-state index < -0.39 is 5.92 Å². The third-order valence-electron chi connectivity index (χ3n) is 6.55. The maximum absolute atomic E-state index is 13.4. The van der Waals surface area contributed by atoms with Crippen molar-refractivity contribution < 1.29 is 9.90 Å². The Hall–Kier alpha value is -3.63. The van der Waals surface area contributed by atoms with E-state index in [0.29, 0.717) is 34.6 Å². The number of anilines is 1. The number of aliphatic hydroxyl groups is 1. The summed E-state index contributed by atoms with van der Waals surface area (Å²) in [7, 11) is 0. The van der Waals surface area contributed by atoms with E-state index in [1.807, 2.05) is 78.6 Å². The van der Waals surface area contributed by atoms with Crippen molar-refractivity contribution in [2.45, 2.75) is 32.1 Å². The van der Waals surface area contributed by atoms with E-state index in [4.69, 9.17) is 11.6 Å². The second-order valence-corrected chi connectivity index (χ2v) is 9.21. The van der Waals surface area contributed by atoms with E-state index in [1.165, 1.54) is 0 Å². The fourth-order valence-electron chi connectivity index (χ4n) is 4.91. The van der Waals surface area contributed by atoms with Gasteiger partial charge in [0.15, 0.2) is 5.78 Å². The van der Waals surface area contributed by atoms with E-state index >= 15 is 0 Å². The normalized spacial score (nSPS) is 19.8. The zero-order valence-electron chi connectivity index (χ0n) is 18.9. The van der Waals surface area contributed by atoms with Gasteiger partial charge in [0, 0.05) is 45.5 Å². The number of Topliss-reactive ketones (excluding diaryl/α,β-unsaturated/α-hetero) is 1. The van der Waals surface area contributed by atoms with E-state index in [2.05, 4.69) is 0 Å². The summed E-state index contributed by atoms with van der Waals surface area (Å²) in [6.45, 7) is 1.99. The standard InChI is InChI=1S/C29H25ClN2O2/c1-18-10-12-20(13-11-18)28(34)27-25(19-6-3-2-4-7-19)26-23(8-5-9-24(26)33)32(29(27)31)22-16-14-21(30)15-17-22/h2-4,6-7,10-17,25,31,34H,5,8-9H2,1H3. The molecule has 1 heterocycles. The SMILES string of the molecule is Cc1ccc(C(O)=C2C(=N)N(c3ccc(Cl)cc3)C3=C(C(=O)CCC3)C2c2ccccc2)cc1. The van der Waals surface area contributed by atoms with Crippen LogP contribution < -0.4 is 4.90 Å². The number of carbonyl (C=O) groups is 1. The number of carbonyl (C=O) groups excluding carboxylic acids is 1. The number of nitrogens with zero attached hydrogens (tertiary/aromatic N) is 1. The summed E-state index contributed by atoms with van der Waals surface area (Å²) >= 11 is 6.14. The Kier molecular flexibility index (Phi) is 5.84. The molecule has 0 saturated heterocycles. The Bertz CT molecular complexity index is 1320. The first-order chi connectivity index (χ1) is 16.5. The number of benzene rings is 3. The fraction of sp³-hybridized carbons (Fsp3) is 0.172. The molecule has 0 radical (unpaired) electrons. The lowest BCUT2D eigenvalue weighted by atomic mass is 9.73. The lowest BCUT2D eigenvalue weighted by Gasteiger charge is -2.41.